The summed E-state index contributed by atoms with van der Waals surface area (Å²) < 4.78 is 7.23. The molecule has 2 aromatic rings. The minimum absolute atomic E-state index is 0.292. The topological polar surface area (TPSA) is 39.1 Å². The second kappa shape index (κ2) is 6.59. The molecule has 0 aliphatic heterocycles. The van der Waals surface area contributed by atoms with Crippen molar-refractivity contribution in [3.05, 3.63) is 47.2 Å². The molecule has 1 atom stereocenters. The summed E-state index contributed by atoms with van der Waals surface area (Å²) >= 11 is 6.20. The highest BCUT2D eigenvalue weighted by Crippen LogP contribution is 2.25. The van der Waals surface area contributed by atoms with Crippen molar-refractivity contribution in [3.63, 3.8) is 0 Å². The number of rotatable bonds is 6. The first-order valence-electron chi connectivity index (χ1n) is 6.23. The average Bonchev–Trinajstić information content (AvgIpc) is 2.89. The first-order valence-corrected chi connectivity index (χ1v) is 6.60. The highest BCUT2D eigenvalue weighted by atomic mass is 35.5. The zero-order valence-electron chi connectivity index (χ0n) is 11.1. The van der Waals surface area contributed by atoms with Crippen LogP contribution in [0.15, 0.2) is 36.7 Å². The number of aromatic nitrogens is 2. The van der Waals surface area contributed by atoms with Crippen molar-refractivity contribution >= 4 is 11.6 Å². The van der Waals surface area contributed by atoms with Crippen molar-refractivity contribution < 1.29 is 4.74 Å². The summed E-state index contributed by atoms with van der Waals surface area (Å²) in [4.78, 5) is 0. The Labute approximate surface area is 118 Å². The lowest BCUT2D eigenvalue weighted by Gasteiger charge is -2.16. The lowest BCUT2D eigenvalue weighted by molar-refractivity contribution is 0.401. The maximum Gasteiger partial charge on any atom is 0.124 e. The second-order valence-corrected chi connectivity index (χ2v) is 4.84. The number of methoxy groups -OCH3 is 1. The molecule has 0 aliphatic rings. The average molecular weight is 280 g/mol. The van der Waals surface area contributed by atoms with Gasteiger partial charge in [-0.25, -0.2) is 0 Å². The molecule has 5 heteroatoms. The van der Waals surface area contributed by atoms with E-state index in [1.54, 1.807) is 13.3 Å². The quantitative estimate of drug-likeness (QED) is 0.884. The summed E-state index contributed by atoms with van der Waals surface area (Å²) in [5.41, 5.74) is 0.985. The van der Waals surface area contributed by atoms with E-state index in [-0.39, 0.29) is 0 Å². The molecule has 1 unspecified atom stereocenters. The SMILES string of the molecule is COc1cccc(Cl)c1CNC(C)Cn1cccn1. The lowest BCUT2D eigenvalue weighted by Crippen LogP contribution is -2.30. The van der Waals surface area contributed by atoms with Crippen LogP contribution in [-0.2, 0) is 13.1 Å². The fourth-order valence-corrected chi connectivity index (χ4v) is 2.16. The minimum Gasteiger partial charge on any atom is -0.496 e. The van der Waals surface area contributed by atoms with Gasteiger partial charge in [0.25, 0.3) is 0 Å². The van der Waals surface area contributed by atoms with E-state index >= 15 is 0 Å². The van der Waals surface area contributed by atoms with Gasteiger partial charge in [0.05, 0.1) is 13.7 Å². The van der Waals surface area contributed by atoms with Gasteiger partial charge >= 0.3 is 0 Å². The Morgan fingerprint density at radius 1 is 1.42 bits per heavy atom. The standard InChI is InChI=1S/C14H18ClN3O/c1-11(10-18-8-4-7-17-18)16-9-12-13(15)5-3-6-14(12)19-2/h3-8,11,16H,9-10H2,1-2H3. The van der Waals surface area contributed by atoms with Crippen LogP contribution in [0.4, 0.5) is 0 Å². The number of halogens is 1. The number of nitrogens with one attached hydrogen (secondary N) is 1. The van der Waals surface area contributed by atoms with Crippen molar-refractivity contribution in [1.82, 2.24) is 15.1 Å². The van der Waals surface area contributed by atoms with E-state index < -0.39 is 0 Å². The monoisotopic (exact) mass is 279 g/mol. The Kier molecular flexibility index (Phi) is 4.82. The van der Waals surface area contributed by atoms with Crippen molar-refractivity contribution in [3.8, 4) is 5.75 Å². The predicted molar refractivity (Wildman–Crippen MR) is 76.5 cm³/mol. The van der Waals surface area contributed by atoms with E-state index in [0.29, 0.717) is 12.6 Å². The van der Waals surface area contributed by atoms with Gasteiger partial charge in [-0.15, -0.1) is 0 Å². The summed E-state index contributed by atoms with van der Waals surface area (Å²) in [6.07, 6.45) is 3.73. The molecule has 0 amide bonds. The zero-order valence-corrected chi connectivity index (χ0v) is 11.9. The number of benzene rings is 1. The lowest BCUT2D eigenvalue weighted by atomic mass is 10.2. The fraction of sp³-hybridized carbons (Fsp3) is 0.357. The number of ether oxygens (including phenoxy) is 1. The molecule has 4 nitrogen and oxygen atoms in total. The van der Waals surface area contributed by atoms with Gasteiger partial charge in [0, 0.05) is 35.6 Å². The third kappa shape index (κ3) is 3.72. The van der Waals surface area contributed by atoms with Gasteiger partial charge in [0.15, 0.2) is 0 Å². The molecule has 0 fully saturated rings. The summed E-state index contributed by atoms with van der Waals surface area (Å²) in [5, 5.41) is 8.34. The van der Waals surface area contributed by atoms with Crippen molar-refractivity contribution in [2.45, 2.75) is 26.1 Å². The molecular formula is C14H18ClN3O. The first-order chi connectivity index (χ1) is 9.20. The number of nitrogens with zero attached hydrogens (tertiary/aromatic N) is 2. The van der Waals surface area contributed by atoms with Crippen LogP contribution in [0.3, 0.4) is 0 Å². The van der Waals surface area contributed by atoms with Gasteiger partial charge in [-0.05, 0) is 25.1 Å². The van der Waals surface area contributed by atoms with Gasteiger partial charge in [-0.2, -0.15) is 5.10 Å². The smallest absolute Gasteiger partial charge is 0.124 e. The van der Waals surface area contributed by atoms with Crippen LogP contribution in [0.2, 0.25) is 5.02 Å². The van der Waals surface area contributed by atoms with Crippen LogP contribution in [0.25, 0.3) is 0 Å². The molecule has 1 N–H and O–H groups in total. The predicted octanol–water partition coefficient (Wildman–Crippen LogP) is 2.72. The summed E-state index contributed by atoms with van der Waals surface area (Å²) in [6, 6.07) is 7.89. The van der Waals surface area contributed by atoms with Crippen molar-refractivity contribution in [2.24, 2.45) is 0 Å². The molecule has 1 aromatic heterocycles. The van der Waals surface area contributed by atoms with Gasteiger partial charge in [-0.3, -0.25) is 4.68 Å². The molecular weight excluding hydrogens is 262 g/mol. The molecule has 2 rings (SSSR count). The molecule has 0 bridgehead atoms. The van der Waals surface area contributed by atoms with Gasteiger partial charge < -0.3 is 10.1 Å². The maximum absolute atomic E-state index is 6.20. The van der Waals surface area contributed by atoms with Crippen LogP contribution in [0, 0.1) is 0 Å². The summed E-state index contributed by atoms with van der Waals surface area (Å²) in [7, 11) is 1.66. The van der Waals surface area contributed by atoms with E-state index in [0.717, 1.165) is 22.9 Å². The molecule has 0 saturated carbocycles. The highest BCUT2D eigenvalue weighted by Gasteiger charge is 2.09. The van der Waals surface area contributed by atoms with E-state index in [4.69, 9.17) is 16.3 Å². The molecule has 102 valence electrons. The zero-order chi connectivity index (χ0) is 13.7. The Hall–Kier alpha value is -1.52. The molecule has 0 radical (unpaired) electrons. The largest absolute Gasteiger partial charge is 0.496 e. The minimum atomic E-state index is 0.292. The van der Waals surface area contributed by atoms with Crippen LogP contribution in [0.5, 0.6) is 5.75 Å². The van der Waals surface area contributed by atoms with Crippen LogP contribution < -0.4 is 10.1 Å². The van der Waals surface area contributed by atoms with Gasteiger partial charge in [-0.1, -0.05) is 17.7 Å². The fourth-order valence-electron chi connectivity index (χ4n) is 1.93. The Balaban J connectivity index is 1.95. The third-order valence-corrected chi connectivity index (χ3v) is 3.30. The molecule has 0 aliphatic carbocycles. The van der Waals surface area contributed by atoms with Crippen molar-refractivity contribution in [1.29, 1.82) is 0 Å². The Morgan fingerprint density at radius 2 is 2.26 bits per heavy atom. The van der Waals surface area contributed by atoms with E-state index in [1.165, 1.54) is 0 Å². The van der Waals surface area contributed by atoms with Crippen LogP contribution in [0.1, 0.15) is 12.5 Å². The van der Waals surface area contributed by atoms with Crippen LogP contribution in [-0.4, -0.2) is 22.9 Å². The second-order valence-electron chi connectivity index (χ2n) is 4.43. The summed E-state index contributed by atoms with van der Waals surface area (Å²) in [5.74, 6) is 0.811. The molecule has 1 aromatic carbocycles. The first kappa shape index (κ1) is 13.9. The third-order valence-electron chi connectivity index (χ3n) is 2.94. The van der Waals surface area contributed by atoms with Gasteiger partial charge in [0.1, 0.15) is 5.75 Å². The van der Waals surface area contributed by atoms with Crippen molar-refractivity contribution in [2.75, 3.05) is 7.11 Å². The Bertz CT molecular complexity index is 513. The molecule has 0 saturated heterocycles. The molecule has 0 spiro atoms. The van der Waals surface area contributed by atoms with Gasteiger partial charge in [0.2, 0.25) is 0 Å². The number of hydrogen-bond donors (Lipinski definition) is 1. The van der Waals surface area contributed by atoms with Crippen LogP contribution >= 0.6 is 11.6 Å². The maximum atomic E-state index is 6.20. The normalized spacial score (nSPS) is 12.4. The van der Waals surface area contributed by atoms with E-state index in [9.17, 15) is 0 Å². The van der Waals surface area contributed by atoms with E-state index in [1.807, 2.05) is 35.1 Å². The molecule has 19 heavy (non-hydrogen) atoms. The number of hydrogen-bond acceptors (Lipinski definition) is 3. The van der Waals surface area contributed by atoms with E-state index in [2.05, 4.69) is 17.3 Å². The Morgan fingerprint density at radius 3 is 2.95 bits per heavy atom. The highest BCUT2D eigenvalue weighted by molar-refractivity contribution is 6.31. The summed E-state index contributed by atoms with van der Waals surface area (Å²) in [6.45, 7) is 3.61. The molecule has 1 heterocycles.